The van der Waals surface area contributed by atoms with Gasteiger partial charge in [0.1, 0.15) is 17.6 Å². The average Bonchev–Trinajstić information content (AvgIpc) is 2.48. The molecule has 4 heteroatoms. The first kappa shape index (κ1) is 14.7. The Morgan fingerprint density at radius 2 is 1.70 bits per heavy atom. The zero-order valence-corrected chi connectivity index (χ0v) is 12.5. The molecule has 0 aliphatic carbocycles. The summed E-state index contributed by atoms with van der Waals surface area (Å²) in [6.45, 7) is 5.47. The highest BCUT2D eigenvalue weighted by Crippen LogP contribution is 2.22. The molecule has 0 bridgehead atoms. The Labute approximate surface area is 120 Å². The van der Waals surface area contributed by atoms with Gasteiger partial charge in [0.2, 0.25) is 5.91 Å². The second-order valence-corrected chi connectivity index (χ2v) is 5.47. The molecule has 110 valence electrons. The van der Waals surface area contributed by atoms with Crippen molar-refractivity contribution in [3.05, 3.63) is 24.3 Å². The van der Waals surface area contributed by atoms with Crippen molar-refractivity contribution in [2.24, 2.45) is 5.92 Å². The third kappa shape index (κ3) is 3.65. The second-order valence-electron chi connectivity index (χ2n) is 5.47. The number of rotatable bonds is 4. The van der Waals surface area contributed by atoms with Crippen molar-refractivity contribution in [3.63, 3.8) is 0 Å². The third-order valence-corrected chi connectivity index (χ3v) is 3.61. The first-order chi connectivity index (χ1) is 9.60. The summed E-state index contributed by atoms with van der Waals surface area (Å²) in [7, 11) is 1.65. The number of piperidine rings is 1. The lowest BCUT2D eigenvalue weighted by Crippen LogP contribution is -2.43. The smallest absolute Gasteiger partial charge is 0.225 e. The maximum Gasteiger partial charge on any atom is 0.225 e. The number of carbonyl (C=O) groups excluding carboxylic acids is 1. The van der Waals surface area contributed by atoms with E-state index in [4.69, 9.17) is 9.47 Å². The number of ether oxygens (including phenoxy) is 2. The summed E-state index contributed by atoms with van der Waals surface area (Å²) in [4.78, 5) is 13.8. The molecule has 0 radical (unpaired) electrons. The number of amides is 1. The van der Waals surface area contributed by atoms with Crippen LogP contribution in [0.2, 0.25) is 0 Å². The van der Waals surface area contributed by atoms with Gasteiger partial charge in [-0.3, -0.25) is 4.79 Å². The lowest BCUT2D eigenvalue weighted by molar-refractivity contribution is -0.136. The van der Waals surface area contributed by atoms with Gasteiger partial charge in [-0.05, 0) is 24.3 Å². The molecule has 1 amide bonds. The molecule has 1 heterocycles. The zero-order chi connectivity index (χ0) is 14.5. The van der Waals surface area contributed by atoms with Gasteiger partial charge in [-0.25, -0.2) is 0 Å². The normalized spacial score (nSPS) is 16.3. The number of carbonyl (C=O) groups is 1. The van der Waals surface area contributed by atoms with Crippen molar-refractivity contribution in [2.45, 2.75) is 32.8 Å². The van der Waals surface area contributed by atoms with Crippen LogP contribution in [0.4, 0.5) is 0 Å². The van der Waals surface area contributed by atoms with Gasteiger partial charge in [-0.15, -0.1) is 0 Å². The minimum atomic E-state index is 0.0778. The highest BCUT2D eigenvalue weighted by Gasteiger charge is 2.25. The molecule has 0 N–H and O–H groups in total. The molecule has 0 unspecified atom stereocenters. The van der Waals surface area contributed by atoms with E-state index in [9.17, 15) is 4.79 Å². The molecule has 1 fully saturated rings. The van der Waals surface area contributed by atoms with Crippen LogP contribution in [0.15, 0.2) is 24.3 Å². The van der Waals surface area contributed by atoms with Crippen LogP contribution in [0.1, 0.15) is 26.7 Å². The van der Waals surface area contributed by atoms with E-state index in [-0.39, 0.29) is 17.9 Å². The molecule has 1 aliphatic heterocycles. The molecule has 1 aliphatic rings. The van der Waals surface area contributed by atoms with Gasteiger partial charge in [0, 0.05) is 31.8 Å². The molecule has 0 atom stereocenters. The summed E-state index contributed by atoms with van der Waals surface area (Å²) in [6.07, 6.45) is 1.98. The fraction of sp³-hybridized carbons (Fsp3) is 0.562. The highest BCUT2D eigenvalue weighted by molar-refractivity contribution is 5.78. The van der Waals surface area contributed by atoms with Crippen molar-refractivity contribution >= 4 is 5.91 Å². The van der Waals surface area contributed by atoms with Crippen LogP contribution in [0, 0.1) is 5.92 Å². The zero-order valence-electron chi connectivity index (χ0n) is 12.5. The average molecular weight is 277 g/mol. The molecule has 0 spiro atoms. The second kappa shape index (κ2) is 6.64. The maximum atomic E-state index is 11.9. The van der Waals surface area contributed by atoms with E-state index < -0.39 is 0 Å². The molecule has 1 aromatic carbocycles. The Kier molecular flexibility index (Phi) is 4.88. The molecular weight excluding hydrogens is 254 g/mol. The predicted octanol–water partition coefficient (Wildman–Crippen LogP) is 2.72. The van der Waals surface area contributed by atoms with Crippen LogP contribution >= 0.6 is 0 Å². The largest absolute Gasteiger partial charge is 0.497 e. The summed E-state index contributed by atoms with van der Waals surface area (Å²) < 4.78 is 11.1. The van der Waals surface area contributed by atoms with Crippen LogP contribution in [0.25, 0.3) is 0 Å². The van der Waals surface area contributed by atoms with Gasteiger partial charge in [-0.1, -0.05) is 13.8 Å². The fourth-order valence-corrected chi connectivity index (χ4v) is 2.41. The van der Waals surface area contributed by atoms with E-state index in [0.29, 0.717) is 0 Å². The van der Waals surface area contributed by atoms with Gasteiger partial charge in [0.05, 0.1) is 7.11 Å². The van der Waals surface area contributed by atoms with Crippen LogP contribution in [0.3, 0.4) is 0 Å². The Morgan fingerprint density at radius 1 is 1.15 bits per heavy atom. The van der Waals surface area contributed by atoms with Crippen LogP contribution in [-0.4, -0.2) is 37.1 Å². The fourth-order valence-electron chi connectivity index (χ4n) is 2.41. The maximum absolute atomic E-state index is 11.9. The Bertz CT molecular complexity index is 434. The standard InChI is InChI=1S/C16H23NO3/c1-12(2)16(18)17-10-8-15(9-11-17)20-14-6-4-13(19-3)5-7-14/h4-7,12,15H,8-11H2,1-3H3. The molecule has 4 nitrogen and oxygen atoms in total. The van der Waals surface area contributed by atoms with Crippen LogP contribution in [0.5, 0.6) is 11.5 Å². The number of hydrogen-bond acceptors (Lipinski definition) is 3. The Morgan fingerprint density at radius 3 is 2.20 bits per heavy atom. The Hall–Kier alpha value is -1.71. The van der Waals surface area contributed by atoms with Gasteiger partial charge in [-0.2, -0.15) is 0 Å². The van der Waals surface area contributed by atoms with E-state index in [1.807, 2.05) is 43.0 Å². The summed E-state index contributed by atoms with van der Waals surface area (Å²) in [6, 6.07) is 7.63. The van der Waals surface area contributed by atoms with Crippen molar-refractivity contribution < 1.29 is 14.3 Å². The minimum absolute atomic E-state index is 0.0778. The molecule has 1 saturated heterocycles. The van der Waals surface area contributed by atoms with Gasteiger partial charge < -0.3 is 14.4 Å². The predicted molar refractivity (Wildman–Crippen MR) is 78.1 cm³/mol. The lowest BCUT2D eigenvalue weighted by atomic mass is 10.1. The topological polar surface area (TPSA) is 38.8 Å². The summed E-state index contributed by atoms with van der Waals surface area (Å²) in [5.41, 5.74) is 0. The Balaban J connectivity index is 1.83. The summed E-state index contributed by atoms with van der Waals surface area (Å²) >= 11 is 0. The van der Waals surface area contributed by atoms with E-state index in [0.717, 1.165) is 37.4 Å². The molecule has 0 saturated carbocycles. The monoisotopic (exact) mass is 277 g/mol. The van der Waals surface area contributed by atoms with E-state index in [2.05, 4.69) is 0 Å². The van der Waals surface area contributed by atoms with E-state index in [1.165, 1.54) is 0 Å². The number of hydrogen-bond donors (Lipinski definition) is 0. The SMILES string of the molecule is COc1ccc(OC2CCN(C(=O)C(C)C)CC2)cc1. The number of methoxy groups -OCH3 is 1. The van der Waals surface area contributed by atoms with Crippen LogP contribution < -0.4 is 9.47 Å². The summed E-state index contributed by atoms with van der Waals surface area (Å²) in [5.74, 6) is 2.01. The molecular formula is C16H23NO3. The number of benzene rings is 1. The van der Waals surface area contributed by atoms with E-state index >= 15 is 0 Å². The van der Waals surface area contributed by atoms with E-state index in [1.54, 1.807) is 7.11 Å². The van der Waals surface area contributed by atoms with Crippen molar-refractivity contribution in [2.75, 3.05) is 20.2 Å². The van der Waals surface area contributed by atoms with Crippen LogP contribution in [-0.2, 0) is 4.79 Å². The van der Waals surface area contributed by atoms with Crippen molar-refractivity contribution in [1.82, 2.24) is 4.90 Å². The number of nitrogens with zero attached hydrogens (tertiary/aromatic N) is 1. The molecule has 1 aromatic rings. The molecule has 20 heavy (non-hydrogen) atoms. The van der Waals surface area contributed by atoms with Crippen molar-refractivity contribution in [1.29, 1.82) is 0 Å². The number of likely N-dealkylation sites (tertiary alicyclic amines) is 1. The minimum Gasteiger partial charge on any atom is -0.497 e. The lowest BCUT2D eigenvalue weighted by Gasteiger charge is -2.33. The molecule has 0 aromatic heterocycles. The summed E-state index contributed by atoms with van der Waals surface area (Å²) in [5, 5.41) is 0. The first-order valence-electron chi connectivity index (χ1n) is 7.19. The quantitative estimate of drug-likeness (QED) is 0.849. The first-order valence-corrected chi connectivity index (χ1v) is 7.19. The van der Waals surface area contributed by atoms with Gasteiger partial charge in [0.15, 0.2) is 0 Å². The molecule has 2 rings (SSSR count). The third-order valence-electron chi connectivity index (χ3n) is 3.61. The highest BCUT2D eigenvalue weighted by atomic mass is 16.5. The van der Waals surface area contributed by atoms with Crippen molar-refractivity contribution in [3.8, 4) is 11.5 Å². The van der Waals surface area contributed by atoms with Gasteiger partial charge >= 0.3 is 0 Å². The van der Waals surface area contributed by atoms with Gasteiger partial charge in [0.25, 0.3) is 0 Å².